The van der Waals surface area contributed by atoms with Crippen molar-refractivity contribution in [3.63, 3.8) is 0 Å². The molecule has 0 radical (unpaired) electrons. The van der Waals surface area contributed by atoms with Crippen molar-refractivity contribution < 1.29 is 28.8 Å². The topological polar surface area (TPSA) is 143 Å². The van der Waals surface area contributed by atoms with Crippen molar-refractivity contribution in [3.8, 4) is 0 Å². The molecule has 0 unspecified atom stereocenters. The lowest BCUT2D eigenvalue weighted by molar-refractivity contribution is -0.117. The summed E-state index contributed by atoms with van der Waals surface area (Å²) in [7, 11) is 0. The Morgan fingerprint density at radius 1 is 0.812 bits per heavy atom. The number of Topliss-reactive ketones (excluding diaryl/α,β-unsaturated/α-hetero) is 4. The smallest absolute Gasteiger partial charge is 0.247 e. The summed E-state index contributed by atoms with van der Waals surface area (Å²) in [6, 6.07) is 15.4. The van der Waals surface area contributed by atoms with Gasteiger partial charge < -0.3 is 15.2 Å². The van der Waals surface area contributed by atoms with E-state index in [1.165, 1.54) is 19.9 Å². The summed E-state index contributed by atoms with van der Waals surface area (Å²) in [5.41, 5.74) is 6.35. The van der Waals surface area contributed by atoms with Gasteiger partial charge in [0.2, 0.25) is 17.6 Å². The normalized spacial score (nSPS) is 14.0. The molecular weight excluding hydrogens is 608 g/mol. The monoisotopic (exact) mass is 647 g/mol. The lowest BCUT2D eigenvalue weighted by atomic mass is 9.97. The molecule has 0 spiro atoms. The van der Waals surface area contributed by atoms with Crippen LogP contribution in [-0.4, -0.2) is 39.5 Å². The number of hydrogen-bond donors (Lipinski definition) is 3. The van der Waals surface area contributed by atoms with E-state index in [0.29, 0.717) is 48.3 Å². The summed E-state index contributed by atoms with van der Waals surface area (Å²) >= 11 is 0. The van der Waals surface area contributed by atoms with Crippen molar-refractivity contribution in [1.29, 1.82) is 0 Å². The Kier molecular flexibility index (Phi) is 12.2. The highest BCUT2D eigenvalue weighted by Gasteiger charge is 2.30. The highest BCUT2D eigenvalue weighted by Crippen LogP contribution is 2.24. The highest BCUT2D eigenvalue weighted by atomic mass is 16.2. The molecule has 0 atom stereocenters. The lowest BCUT2D eigenvalue weighted by Gasteiger charge is -2.15. The van der Waals surface area contributed by atoms with Gasteiger partial charge in [-0.05, 0) is 93.8 Å². The van der Waals surface area contributed by atoms with Crippen LogP contribution in [0.5, 0.6) is 0 Å². The van der Waals surface area contributed by atoms with Crippen molar-refractivity contribution in [2.75, 3.05) is 10.6 Å². The minimum atomic E-state index is -0.263. The molecule has 10 heteroatoms. The van der Waals surface area contributed by atoms with Crippen molar-refractivity contribution in [2.45, 2.75) is 65.3 Å². The van der Waals surface area contributed by atoms with Crippen LogP contribution in [-0.2, 0) is 27.3 Å². The minimum Gasteiger partial charge on any atom is -0.350 e. The number of nitrogens with zero attached hydrogens (tertiary/aromatic N) is 1. The number of carbonyl (C=O) groups excluding carboxylic acids is 6. The Hall–Kier alpha value is -5.73. The van der Waals surface area contributed by atoms with E-state index in [1.54, 1.807) is 54.6 Å². The molecule has 0 saturated heterocycles. The van der Waals surface area contributed by atoms with Crippen LogP contribution < -0.4 is 16.0 Å². The summed E-state index contributed by atoms with van der Waals surface area (Å²) < 4.78 is 2.00. The van der Waals surface area contributed by atoms with Gasteiger partial charge in [0, 0.05) is 72.2 Å². The predicted octanol–water partition coefficient (Wildman–Crippen LogP) is 6.17. The van der Waals surface area contributed by atoms with E-state index in [-0.39, 0.29) is 34.9 Å². The molecule has 3 N–H and O–H groups in total. The molecule has 6 rings (SSSR count). The standard InChI is InChI=1S/C19H20N2O3.C11H11NO2.C8H7NO/c1-13(22)14-5-7-15(8-6-14)20-19(24)10-12-21-11-9-16-17(21)3-2-4-18(16)23;1-3-11(14)12-10-6-4-9(5-7-10)8(2)13;10-8-3-1-2-7-6(8)4-5-9-7/h5-9,11H,2-4,10,12H2,1H3,(H,20,24);3-7H,1H2,2H3,(H,12,14);4H,1-3H2/p+1. The first-order valence-electron chi connectivity index (χ1n) is 15.8. The number of fused-ring (bicyclic) bond motifs is 1. The third kappa shape index (κ3) is 9.64. The lowest BCUT2D eigenvalue weighted by Crippen LogP contribution is -2.17. The van der Waals surface area contributed by atoms with Crippen LogP contribution in [0, 0.1) is 6.20 Å². The number of benzene rings is 2. The van der Waals surface area contributed by atoms with Gasteiger partial charge in [-0.3, -0.25) is 28.8 Å². The van der Waals surface area contributed by atoms with Crippen LogP contribution >= 0.6 is 0 Å². The molecule has 48 heavy (non-hydrogen) atoms. The maximum absolute atomic E-state index is 12.1. The van der Waals surface area contributed by atoms with Gasteiger partial charge in [-0.1, -0.05) is 6.58 Å². The van der Waals surface area contributed by atoms with E-state index in [0.717, 1.165) is 48.2 Å². The Balaban J connectivity index is 0.000000182. The third-order valence-corrected chi connectivity index (χ3v) is 7.99. The second-order valence-electron chi connectivity index (χ2n) is 11.5. The Labute approximate surface area is 280 Å². The zero-order valence-electron chi connectivity index (χ0n) is 27.2. The van der Waals surface area contributed by atoms with Gasteiger partial charge in [0.05, 0.1) is 0 Å². The number of aryl methyl sites for hydroxylation is 1. The number of hydrogen-bond acceptors (Lipinski definition) is 7. The van der Waals surface area contributed by atoms with Crippen LogP contribution in [0.1, 0.15) is 89.1 Å². The summed E-state index contributed by atoms with van der Waals surface area (Å²) in [5, 5.41) is 8.36. The SMILES string of the molecule is C=CC(=O)Nc1ccc(C(C)=O)cc1.CC(=O)c1ccc(NC(=O)CCn2ccc3c2CCCC3=O)cc1.O=C1CCCC2=C1C=[C+]N2. The first-order valence-corrected chi connectivity index (χ1v) is 15.8. The second-order valence-corrected chi connectivity index (χ2v) is 11.5. The fourth-order valence-corrected chi connectivity index (χ4v) is 5.37. The van der Waals surface area contributed by atoms with Crippen molar-refractivity contribution in [3.05, 3.63) is 119 Å². The van der Waals surface area contributed by atoms with Crippen molar-refractivity contribution in [2.24, 2.45) is 0 Å². The summed E-state index contributed by atoms with van der Waals surface area (Å²) in [5.74, 6) is 0.117. The largest absolute Gasteiger partial charge is 0.350 e. The minimum absolute atomic E-state index is 0.000180. The van der Waals surface area contributed by atoms with Gasteiger partial charge >= 0.3 is 0 Å². The molecule has 0 bridgehead atoms. The quantitative estimate of drug-likeness (QED) is 0.151. The van der Waals surface area contributed by atoms with Crippen LogP contribution in [0.4, 0.5) is 11.4 Å². The van der Waals surface area contributed by atoms with E-state index >= 15 is 0 Å². The zero-order valence-corrected chi connectivity index (χ0v) is 27.2. The fraction of sp³-hybridized carbons (Fsp3) is 0.263. The van der Waals surface area contributed by atoms with E-state index in [4.69, 9.17) is 0 Å². The Morgan fingerprint density at radius 3 is 1.98 bits per heavy atom. The van der Waals surface area contributed by atoms with Crippen LogP contribution in [0.2, 0.25) is 0 Å². The number of ketones is 4. The van der Waals surface area contributed by atoms with E-state index in [1.807, 2.05) is 16.8 Å². The van der Waals surface area contributed by atoms with Crippen molar-refractivity contribution in [1.82, 2.24) is 9.88 Å². The fourth-order valence-electron chi connectivity index (χ4n) is 5.37. The van der Waals surface area contributed by atoms with E-state index in [2.05, 4.69) is 28.7 Å². The van der Waals surface area contributed by atoms with E-state index < -0.39 is 0 Å². The van der Waals surface area contributed by atoms with Crippen LogP contribution in [0.3, 0.4) is 0 Å². The number of carbonyl (C=O) groups is 6. The molecule has 1 aliphatic heterocycles. The molecular formula is C38H39N4O6+. The van der Waals surface area contributed by atoms with Gasteiger partial charge in [-0.15, -0.1) is 0 Å². The number of aromatic nitrogens is 1. The summed E-state index contributed by atoms with van der Waals surface area (Å²) in [4.78, 5) is 68.1. The van der Waals surface area contributed by atoms with Gasteiger partial charge in [-0.25, -0.2) is 5.32 Å². The van der Waals surface area contributed by atoms with Crippen LogP contribution in [0.25, 0.3) is 0 Å². The Morgan fingerprint density at radius 2 is 1.40 bits per heavy atom. The number of anilines is 2. The number of allylic oxidation sites excluding steroid dienone is 3. The molecule has 1 aromatic heterocycles. The molecule has 3 aromatic rings. The molecule has 10 nitrogen and oxygen atoms in total. The molecule has 2 amide bonds. The van der Waals surface area contributed by atoms with Gasteiger partial charge in [0.15, 0.2) is 28.6 Å². The number of nitrogens with one attached hydrogen (secondary N) is 3. The Bertz CT molecular complexity index is 1780. The van der Waals surface area contributed by atoms with Crippen molar-refractivity contribution >= 4 is 46.3 Å². The summed E-state index contributed by atoms with van der Waals surface area (Å²) in [6.45, 7) is 6.90. The first kappa shape index (κ1) is 35.1. The molecule has 3 aliphatic rings. The van der Waals surface area contributed by atoms with E-state index in [9.17, 15) is 28.8 Å². The van der Waals surface area contributed by atoms with Gasteiger partial charge in [-0.2, -0.15) is 0 Å². The molecule has 2 aliphatic carbocycles. The average Bonchev–Trinajstić information content (AvgIpc) is 3.74. The van der Waals surface area contributed by atoms with Crippen LogP contribution in [0.15, 0.2) is 90.8 Å². The molecule has 0 saturated carbocycles. The maximum Gasteiger partial charge on any atom is 0.247 e. The summed E-state index contributed by atoms with van der Waals surface area (Å²) in [6.07, 6.45) is 13.1. The zero-order chi connectivity index (χ0) is 34.6. The molecule has 0 fully saturated rings. The molecule has 2 heterocycles. The molecule has 246 valence electrons. The maximum atomic E-state index is 12.1. The number of amides is 2. The first-order chi connectivity index (χ1) is 23.0. The van der Waals surface area contributed by atoms with Gasteiger partial charge in [0.1, 0.15) is 12.3 Å². The third-order valence-electron chi connectivity index (χ3n) is 7.99. The average molecular weight is 648 g/mol. The van der Waals surface area contributed by atoms with Gasteiger partial charge in [0.25, 0.3) is 0 Å². The second kappa shape index (κ2) is 16.7. The highest BCUT2D eigenvalue weighted by molar-refractivity contribution is 6.01. The number of rotatable bonds is 8. The molecule has 2 aromatic carbocycles. The predicted molar refractivity (Wildman–Crippen MR) is 183 cm³/mol.